The summed E-state index contributed by atoms with van der Waals surface area (Å²) in [6.07, 6.45) is 1.08. The fourth-order valence-corrected chi connectivity index (χ4v) is 5.72. The SMILES string of the molecule is C[C@]1(NC(=O)COC(=O)c2ccccc2NCCc2ccc(Cl)cc2)CCS(=O)(=O)C1. The van der Waals surface area contributed by atoms with Crippen LogP contribution in [-0.4, -0.2) is 50.5 Å². The largest absolute Gasteiger partial charge is 0.452 e. The van der Waals surface area contributed by atoms with E-state index in [2.05, 4.69) is 10.6 Å². The van der Waals surface area contributed by atoms with Crippen LogP contribution in [-0.2, 0) is 25.8 Å². The van der Waals surface area contributed by atoms with Gasteiger partial charge in [-0.05, 0) is 49.6 Å². The quantitative estimate of drug-likeness (QED) is 0.582. The monoisotopic (exact) mass is 464 g/mol. The minimum absolute atomic E-state index is 0.0403. The number of hydrogen-bond donors (Lipinski definition) is 2. The van der Waals surface area contributed by atoms with Gasteiger partial charge in [0.15, 0.2) is 16.4 Å². The molecular formula is C22H25ClN2O5S. The first-order valence-electron chi connectivity index (χ1n) is 9.92. The number of sulfone groups is 1. The first-order chi connectivity index (χ1) is 14.7. The molecule has 166 valence electrons. The van der Waals surface area contributed by atoms with E-state index >= 15 is 0 Å². The van der Waals surface area contributed by atoms with E-state index in [-0.39, 0.29) is 11.5 Å². The zero-order valence-corrected chi connectivity index (χ0v) is 18.8. The number of esters is 1. The average Bonchev–Trinajstić information content (AvgIpc) is 3.00. The predicted molar refractivity (Wildman–Crippen MR) is 120 cm³/mol. The predicted octanol–water partition coefficient (Wildman–Crippen LogP) is 2.84. The molecule has 1 fully saturated rings. The number of amides is 1. The van der Waals surface area contributed by atoms with Crippen LogP contribution in [0.4, 0.5) is 5.69 Å². The molecule has 0 saturated carbocycles. The van der Waals surface area contributed by atoms with Gasteiger partial charge in [0.2, 0.25) is 0 Å². The molecule has 2 aromatic rings. The van der Waals surface area contributed by atoms with Crippen LogP contribution in [0, 0.1) is 0 Å². The number of carbonyl (C=O) groups excluding carboxylic acids is 2. The third-order valence-electron chi connectivity index (χ3n) is 5.07. The molecule has 0 aromatic heterocycles. The molecule has 1 atom stereocenters. The molecule has 1 aliphatic heterocycles. The molecule has 9 heteroatoms. The Morgan fingerprint density at radius 2 is 1.84 bits per heavy atom. The summed E-state index contributed by atoms with van der Waals surface area (Å²) >= 11 is 5.89. The molecule has 3 rings (SSSR count). The number of anilines is 1. The standard InChI is InChI=1S/C22H25ClN2O5S/c1-22(11-13-31(28,29)15-22)25-20(26)14-30-21(27)18-4-2-3-5-19(18)24-12-10-16-6-8-17(23)9-7-16/h2-9,24H,10-15H2,1H3,(H,25,26)/t22-/m0/s1. The highest BCUT2D eigenvalue weighted by Crippen LogP contribution is 2.23. The number of benzene rings is 2. The van der Waals surface area contributed by atoms with Gasteiger partial charge in [0.25, 0.3) is 5.91 Å². The number of hydrogen-bond acceptors (Lipinski definition) is 6. The lowest BCUT2D eigenvalue weighted by molar-refractivity contribution is -0.125. The lowest BCUT2D eigenvalue weighted by Crippen LogP contribution is -2.48. The van der Waals surface area contributed by atoms with Crippen LogP contribution in [0.3, 0.4) is 0 Å². The summed E-state index contributed by atoms with van der Waals surface area (Å²) in [6, 6.07) is 14.4. The lowest BCUT2D eigenvalue weighted by atomic mass is 10.0. The van der Waals surface area contributed by atoms with Crippen LogP contribution < -0.4 is 10.6 Å². The van der Waals surface area contributed by atoms with Crippen molar-refractivity contribution in [2.75, 3.05) is 30.0 Å². The number of nitrogens with one attached hydrogen (secondary N) is 2. The van der Waals surface area contributed by atoms with Crippen molar-refractivity contribution in [3.05, 3.63) is 64.7 Å². The zero-order valence-electron chi connectivity index (χ0n) is 17.2. The Labute approximate surface area is 187 Å². The highest BCUT2D eigenvalue weighted by molar-refractivity contribution is 7.91. The average molecular weight is 465 g/mol. The molecule has 0 radical (unpaired) electrons. The van der Waals surface area contributed by atoms with Crippen molar-refractivity contribution in [2.45, 2.75) is 25.3 Å². The van der Waals surface area contributed by atoms with E-state index in [1.165, 1.54) is 0 Å². The number of carbonyl (C=O) groups is 2. The van der Waals surface area contributed by atoms with Crippen molar-refractivity contribution < 1.29 is 22.7 Å². The fraction of sp³-hybridized carbons (Fsp3) is 0.364. The number of para-hydroxylation sites is 1. The summed E-state index contributed by atoms with van der Waals surface area (Å²) in [7, 11) is -3.15. The van der Waals surface area contributed by atoms with Crippen LogP contribution in [0.15, 0.2) is 48.5 Å². The number of ether oxygens (including phenoxy) is 1. The van der Waals surface area contributed by atoms with Crippen molar-refractivity contribution in [1.29, 1.82) is 0 Å². The molecule has 31 heavy (non-hydrogen) atoms. The highest BCUT2D eigenvalue weighted by Gasteiger charge is 2.39. The Balaban J connectivity index is 1.52. The van der Waals surface area contributed by atoms with E-state index in [1.807, 2.05) is 24.3 Å². The van der Waals surface area contributed by atoms with Gasteiger partial charge in [0, 0.05) is 17.3 Å². The van der Waals surface area contributed by atoms with E-state index in [0.717, 1.165) is 12.0 Å². The lowest BCUT2D eigenvalue weighted by Gasteiger charge is -2.23. The van der Waals surface area contributed by atoms with E-state index in [4.69, 9.17) is 16.3 Å². The summed E-state index contributed by atoms with van der Waals surface area (Å²) < 4.78 is 28.5. The Morgan fingerprint density at radius 3 is 2.52 bits per heavy atom. The van der Waals surface area contributed by atoms with Crippen molar-refractivity contribution in [2.24, 2.45) is 0 Å². The smallest absolute Gasteiger partial charge is 0.340 e. The van der Waals surface area contributed by atoms with Crippen molar-refractivity contribution >= 4 is 39.0 Å². The summed E-state index contributed by atoms with van der Waals surface area (Å²) in [6.45, 7) is 1.80. The number of halogens is 1. The summed E-state index contributed by atoms with van der Waals surface area (Å²) in [5, 5.41) is 6.56. The molecule has 2 aromatic carbocycles. The Morgan fingerprint density at radius 1 is 1.13 bits per heavy atom. The van der Waals surface area contributed by atoms with Gasteiger partial charge in [0.05, 0.1) is 22.6 Å². The first-order valence-corrected chi connectivity index (χ1v) is 12.1. The Hall–Kier alpha value is -2.58. The molecule has 0 unspecified atom stereocenters. The third-order valence-corrected chi connectivity index (χ3v) is 7.22. The molecule has 1 aliphatic rings. The summed E-state index contributed by atoms with van der Waals surface area (Å²) in [5.41, 5.74) is 1.21. The van der Waals surface area contributed by atoms with Gasteiger partial charge in [-0.25, -0.2) is 13.2 Å². The Bertz CT molecular complexity index is 1060. The molecule has 0 bridgehead atoms. The van der Waals surface area contributed by atoms with Crippen LogP contribution in [0.1, 0.15) is 29.3 Å². The molecule has 7 nitrogen and oxygen atoms in total. The number of rotatable bonds is 8. The maximum Gasteiger partial charge on any atom is 0.340 e. The van der Waals surface area contributed by atoms with Gasteiger partial charge >= 0.3 is 5.97 Å². The highest BCUT2D eigenvalue weighted by atomic mass is 35.5. The maximum atomic E-state index is 12.5. The summed E-state index contributed by atoms with van der Waals surface area (Å²) in [4.78, 5) is 24.7. The van der Waals surface area contributed by atoms with Crippen molar-refractivity contribution in [1.82, 2.24) is 5.32 Å². The normalized spacial score (nSPS) is 19.5. The van der Waals surface area contributed by atoms with Crippen LogP contribution in [0.25, 0.3) is 0 Å². The maximum absolute atomic E-state index is 12.5. The van der Waals surface area contributed by atoms with Crippen LogP contribution >= 0.6 is 11.6 Å². The molecule has 0 aliphatic carbocycles. The minimum atomic E-state index is -3.15. The van der Waals surface area contributed by atoms with Gasteiger partial charge < -0.3 is 15.4 Å². The second-order valence-electron chi connectivity index (χ2n) is 7.88. The van der Waals surface area contributed by atoms with E-state index in [0.29, 0.717) is 29.2 Å². The van der Waals surface area contributed by atoms with E-state index in [1.54, 1.807) is 31.2 Å². The molecule has 2 N–H and O–H groups in total. The van der Waals surface area contributed by atoms with Crippen LogP contribution in [0.5, 0.6) is 0 Å². The van der Waals surface area contributed by atoms with E-state index in [9.17, 15) is 18.0 Å². The zero-order chi connectivity index (χ0) is 22.5. The van der Waals surface area contributed by atoms with Gasteiger partial charge in [-0.3, -0.25) is 4.79 Å². The Kier molecular flexibility index (Phi) is 7.23. The first kappa shape index (κ1) is 23.1. The second kappa shape index (κ2) is 9.70. The molecule has 0 spiro atoms. The van der Waals surface area contributed by atoms with Gasteiger partial charge in [-0.2, -0.15) is 0 Å². The minimum Gasteiger partial charge on any atom is -0.452 e. The second-order valence-corrected chi connectivity index (χ2v) is 10.5. The van der Waals surface area contributed by atoms with Crippen LogP contribution in [0.2, 0.25) is 5.02 Å². The summed E-state index contributed by atoms with van der Waals surface area (Å²) in [5.74, 6) is -1.23. The molecule has 1 saturated heterocycles. The topological polar surface area (TPSA) is 102 Å². The molecular weight excluding hydrogens is 440 g/mol. The molecule has 1 heterocycles. The molecule has 1 amide bonds. The van der Waals surface area contributed by atoms with Gasteiger partial charge in [-0.1, -0.05) is 35.9 Å². The van der Waals surface area contributed by atoms with E-state index < -0.39 is 33.9 Å². The van der Waals surface area contributed by atoms with Crippen molar-refractivity contribution in [3.63, 3.8) is 0 Å². The third kappa shape index (κ3) is 6.70. The van der Waals surface area contributed by atoms with Gasteiger partial charge in [0.1, 0.15) is 0 Å². The fourth-order valence-electron chi connectivity index (χ4n) is 3.50. The van der Waals surface area contributed by atoms with Gasteiger partial charge in [-0.15, -0.1) is 0 Å². The van der Waals surface area contributed by atoms with Crippen molar-refractivity contribution in [3.8, 4) is 0 Å².